The highest BCUT2D eigenvalue weighted by Gasteiger charge is 2.32. The van der Waals surface area contributed by atoms with Crippen LogP contribution in [0.25, 0.3) is 6.08 Å². The van der Waals surface area contributed by atoms with Crippen molar-refractivity contribution in [2.24, 2.45) is 4.99 Å². The molecule has 0 atom stereocenters. The molecule has 0 N–H and O–H groups in total. The molecule has 1 aliphatic heterocycles. The molecule has 1 aliphatic rings. The summed E-state index contributed by atoms with van der Waals surface area (Å²) >= 11 is 4.74. The summed E-state index contributed by atoms with van der Waals surface area (Å²) in [7, 11) is 3.14. The number of hydrogen-bond acceptors (Lipinski definition) is 7. The Kier molecular flexibility index (Phi) is 7.98. The van der Waals surface area contributed by atoms with Crippen molar-refractivity contribution < 1.29 is 23.8 Å². The summed E-state index contributed by atoms with van der Waals surface area (Å²) in [5.74, 6) is 0.663. The number of ether oxygens (including phenoxy) is 3. The molecule has 0 bridgehead atoms. The van der Waals surface area contributed by atoms with Crippen molar-refractivity contribution in [1.29, 1.82) is 0 Å². The van der Waals surface area contributed by atoms with E-state index in [0.717, 1.165) is 10.0 Å². The number of benzene rings is 2. The first-order valence-electron chi connectivity index (χ1n) is 9.90. The Bertz CT molecular complexity index is 1100. The van der Waals surface area contributed by atoms with Crippen molar-refractivity contribution in [3.8, 4) is 11.5 Å². The number of likely N-dealkylation sites (N-methyl/N-ethyl adjacent to an activating group) is 1. The van der Waals surface area contributed by atoms with Gasteiger partial charge in [-0.15, -0.1) is 0 Å². The average Bonchev–Trinajstić information content (AvgIpc) is 3.08. The lowest BCUT2D eigenvalue weighted by atomic mass is 10.1. The topological polar surface area (TPSA) is 77.4 Å². The van der Waals surface area contributed by atoms with E-state index in [-0.39, 0.29) is 5.91 Å². The van der Waals surface area contributed by atoms with Gasteiger partial charge < -0.3 is 14.2 Å². The number of thioether (sulfide) groups is 1. The van der Waals surface area contributed by atoms with E-state index in [1.54, 1.807) is 62.5 Å². The second-order valence-corrected chi connectivity index (χ2v) is 8.42. The summed E-state index contributed by atoms with van der Waals surface area (Å²) in [6.07, 6.45) is 1.77. The maximum Gasteiger partial charge on any atom is 0.338 e. The van der Waals surface area contributed by atoms with Crippen molar-refractivity contribution in [3.63, 3.8) is 0 Å². The molecule has 1 fully saturated rings. The normalized spacial score (nSPS) is 16.0. The fourth-order valence-electron chi connectivity index (χ4n) is 3.03. The minimum absolute atomic E-state index is 0.146. The van der Waals surface area contributed by atoms with Gasteiger partial charge in [0, 0.05) is 18.2 Å². The van der Waals surface area contributed by atoms with Gasteiger partial charge in [-0.2, -0.15) is 0 Å². The van der Waals surface area contributed by atoms with Crippen LogP contribution in [-0.2, 0) is 9.53 Å². The van der Waals surface area contributed by atoms with E-state index in [1.807, 2.05) is 13.0 Å². The number of halogens is 1. The molecule has 32 heavy (non-hydrogen) atoms. The maximum absolute atomic E-state index is 13.0. The highest BCUT2D eigenvalue weighted by molar-refractivity contribution is 9.10. The van der Waals surface area contributed by atoms with Gasteiger partial charge in [-0.3, -0.25) is 9.69 Å². The van der Waals surface area contributed by atoms with E-state index in [9.17, 15) is 9.59 Å². The van der Waals surface area contributed by atoms with E-state index in [4.69, 9.17) is 14.2 Å². The predicted molar refractivity (Wildman–Crippen MR) is 130 cm³/mol. The first-order chi connectivity index (χ1) is 15.4. The molecule has 0 radical (unpaired) electrons. The van der Waals surface area contributed by atoms with Gasteiger partial charge in [0.2, 0.25) is 0 Å². The molecule has 1 amide bonds. The van der Waals surface area contributed by atoms with Crippen LogP contribution in [0, 0.1) is 0 Å². The Hall–Kier alpha value is -2.78. The summed E-state index contributed by atoms with van der Waals surface area (Å²) < 4.78 is 16.6. The molecule has 0 aliphatic carbocycles. The molecule has 7 nitrogen and oxygen atoms in total. The number of amidine groups is 1. The monoisotopic (exact) mass is 518 g/mol. The highest BCUT2D eigenvalue weighted by Crippen LogP contribution is 2.38. The van der Waals surface area contributed by atoms with E-state index >= 15 is 0 Å². The fourth-order valence-corrected chi connectivity index (χ4v) is 4.61. The van der Waals surface area contributed by atoms with Gasteiger partial charge in [0.05, 0.1) is 41.5 Å². The van der Waals surface area contributed by atoms with Gasteiger partial charge in [-0.05, 0) is 71.9 Å². The molecule has 1 heterocycles. The summed E-state index contributed by atoms with van der Waals surface area (Å²) in [6, 6.07) is 10.4. The number of carbonyl (C=O) groups is 2. The smallest absolute Gasteiger partial charge is 0.338 e. The van der Waals surface area contributed by atoms with E-state index < -0.39 is 5.97 Å². The number of nitrogens with zero attached hydrogens (tertiary/aromatic N) is 2. The molecule has 1 saturated heterocycles. The highest BCUT2D eigenvalue weighted by atomic mass is 79.9. The lowest BCUT2D eigenvalue weighted by Gasteiger charge is -2.12. The SMILES string of the molecule is CCOC(=O)c1cccc(N=C2SC(=Cc3cc(Br)c(OC)cc3OC)C(=O)N2CC)c1. The molecule has 0 unspecified atom stereocenters. The van der Waals surface area contributed by atoms with Gasteiger partial charge in [0.1, 0.15) is 11.5 Å². The Morgan fingerprint density at radius 1 is 1.16 bits per heavy atom. The number of aliphatic imine (C=N–C) groups is 1. The number of esters is 1. The predicted octanol–water partition coefficient (Wildman–Crippen LogP) is 5.27. The molecule has 9 heteroatoms. The lowest BCUT2D eigenvalue weighted by molar-refractivity contribution is -0.122. The molecule has 3 rings (SSSR count). The number of amides is 1. The van der Waals surface area contributed by atoms with Crippen LogP contribution >= 0.6 is 27.7 Å². The van der Waals surface area contributed by atoms with Crippen molar-refractivity contribution in [2.45, 2.75) is 13.8 Å². The summed E-state index contributed by atoms with van der Waals surface area (Å²) in [5.41, 5.74) is 1.71. The molecular weight excluding hydrogens is 496 g/mol. The molecule has 2 aromatic carbocycles. The zero-order chi connectivity index (χ0) is 23.3. The number of carbonyl (C=O) groups excluding carboxylic acids is 2. The minimum Gasteiger partial charge on any atom is -0.496 e. The van der Waals surface area contributed by atoms with Crippen LogP contribution in [0.5, 0.6) is 11.5 Å². The second kappa shape index (κ2) is 10.7. The van der Waals surface area contributed by atoms with Gasteiger partial charge in [0.15, 0.2) is 5.17 Å². The number of rotatable bonds is 7. The summed E-state index contributed by atoms with van der Waals surface area (Å²) in [5, 5.41) is 0.538. The first kappa shape index (κ1) is 23.9. The maximum atomic E-state index is 13.0. The van der Waals surface area contributed by atoms with Crippen LogP contribution in [0.15, 0.2) is 50.8 Å². The zero-order valence-corrected chi connectivity index (χ0v) is 20.6. The van der Waals surface area contributed by atoms with Crippen LogP contribution in [-0.4, -0.2) is 49.3 Å². The van der Waals surface area contributed by atoms with E-state index in [0.29, 0.717) is 46.0 Å². The molecule has 168 valence electrons. The van der Waals surface area contributed by atoms with Crippen molar-refractivity contribution in [3.05, 3.63) is 56.9 Å². The third-order valence-electron chi connectivity index (χ3n) is 4.58. The standard InChI is InChI=1S/C23H23BrN2O5S/c1-5-26-21(27)20(12-15-11-17(24)19(30-4)13-18(15)29-3)32-23(26)25-16-9-7-8-14(10-16)22(28)31-6-2/h7-13H,5-6H2,1-4H3. The Balaban J connectivity index is 1.96. The molecular formula is C23H23BrN2O5S. The molecule has 0 aromatic heterocycles. The number of hydrogen-bond donors (Lipinski definition) is 0. The number of methoxy groups -OCH3 is 2. The quantitative estimate of drug-likeness (QED) is 0.367. The first-order valence-corrected chi connectivity index (χ1v) is 11.5. The van der Waals surface area contributed by atoms with Gasteiger partial charge in [-0.1, -0.05) is 6.07 Å². The van der Waals surface area contributed by atoms with Crippen molar-refractivity contribution in [2.75, 3.05) is 27.4 Å². The minimum atomic E-state index is -0.408. The van der Waals surface area contributed by atoms with E-state index in [1.165, 1.54) is 11.8 Å². The van der Waals surface area contributed by atoms with Crippen LogP contribution < -0.4 is 9.47 Å². The largest absolute Gasteiger partial charge is 0.496 e. The van der Waals surface area contributed by atoms with Gasteiger partial charge >= 0.3 is 5.97 Å². The summed E-state index contributed by atoms with van der Waals surface area (Å²) in [4.78, 5) is 31.8. The zero-order valence-electron chi connectivity index (χ0n) is 18.2. The van der Waals surface area contributed by atoms with Gasteiger partial charge in [0.25, 0.3) is 5.91 Å². The third kappa shape index (κ3) is 5.16. The molecule has 0 spiro atoms. The molecule has 0 saturated carbocycles. The third-order valence-corrected chi connectivity index (χ3v) is 6.20. The Labute approximate surface area is 199 Å². The lowest BCUT2D eigenvalue weighted by Crippen LogP contribution is -2.28. The van der Waals surface area contributed by atoms with Crippen molar-refractivity contribution in [1.82, 2.24) is 4.90 Å². The van der Waals surface area contributed by atoms with Crippen molar-refractivity contribution >= 4 is 56.5 Å². The second-order valence-electron chi connectivity index (χ2n) is 6.55. The van der Waals surface area contributed by atoms with Gasteiger partial charge in [-0.25, -0.2) is 9.79 Å². The fraction of sp³-hybridized carbons (Fsp3) is 0.261. The summed E-state index contributed by atoms with van der Waals surface area (Å²) in [6.45, 7) is 4.40. The van der Waals surface area contributed by atoms with Crippen LogP contribution in [0.2, 0.25) is 0 Å². The molecule has 2 aromatic rings. The average molecular weight is 519 g/mol. The Morgan fingerprint density at radius 3 is 2.56 bits per heavy atom. The van der Waals surface area contributed by atoms with Crippen LogP contribution in [0.3, 0.4) is 0 Å². The van der Waals surface area contributed by atoms with Crippen LogP contribution in [0.4, 0.5) is 5.69 Å². The van der Waals surface area contributed by atoms with E-state index in [2.05, 4.69) is 20.9 Å². The Morgan fingerprint density at radius 2 is 1.91 bits per heavy atom. The van der Waals surface area contributed by atoms with Crippen LogP contribution in [0.1, 0.15) is 29.8 Å².